The van der Waals surface area contributed by atoms with Gasteiger partial charge in [0.2, 0.25) is 0 Å². The van der Waals surface area contributed by atoms with Crippen molar-refractivity contribution in [3.63, 3.8) is 0 Å². The first kappa shape index (κ1) is 18.2. The maximum atomic E-state index is 12.2. The van der Waals surface area contributed by atoms with Crippen LogP contribution in [0.3, 0.4) is 0 Å². The summed E-state index contributed by atoms with van der Waals surface area (Å²) in [5.74, 6) is -0.308. The van der Waals surface area contributed by atoms with Crippen LogP contribution in [0.25, 0.3) is 0 Å². The first-order valence-corrected chi connectivity index (χ1v) is 6.66. The van der Waals surface area contributed by atoms with Crippen molar-refractivity contribution < 1.29 is 18.3 Å². The summed E-state index contributed by atoms with van der Waals surface area (Å²) in [6, 6.07) is 0. The van der Waals surface area contributed by atoms with Crippen LogP contribution in [0, 0.1) is 0 Å². The average molecular weight is 280 g/mol. The maximum absolute atomic E-state index is 12.2. The lowest BCUT2D eigenvalue weighted by atomic mass is 9.95. The number of nitrogens with zero attached hydrogens (tertiary/aromatic N) is 1. The molecule has 0 saturated heterocycles. The van der Waals surface area contributed by atoms with Crippen LogP contribution in [0.15, 0.2) is 0 Å². The van der Waals surface area contributed by atoms with Crippen molar-refractivity contribution in [2.45, 2.75) is 45.1 Å². The van der Waals surface area contributed by atoms with E-state index in [-0.39, 0.29) is 12.5 Å². The number of nitrogens with one attached hydrogen (secondary N) is 1. The zero-order valence-electron chi connectivity index (χ0n) is 12.3. The summed E-state index contributed by atoms with van der Waals surface area (Å²) in [6.45, 7) is 4.82. The zero-order chi connectivity index (χ0) is 14.9. The van der Waals surface area contributed by atoms with Crippen molar-refractivity contribution >= 4 is 5.97 Å². The van der Waals surface area contributed by atoms with Gasteiger partial charge in [-0.2, -0.15) is 0 Å². The van der Waals surface area contributed by atoms with E-state index in [9.17, 15) is 13.6 Å². The molecule has 0 bridgehead atoms. The number of ether oxygens (including phenoxy) is 1. The minimum atomic E-state index is -2.32. The molecule has 1 unspecified atom stereocenters. The third kappa shape index (κ3) is 7.42. The summed E-state index contributed by atoms with van der Waals surface area (Å²) in [5.41, 5.74) is -0.740. The lowest BCUT2D eigenvalue weighted by Gasteiger charge is -2.28. The number of carbonyl (C=O) groups excluding carboxylic acids is 1. The second-order valence-corrected chi connectivity index (χ2v) is 5.01. The lowest BCUT2D eigenvalue weighted by molar-refractivity contribution is -0.148. The van der Waals surface area contributed by atoms with Gasteiger partial charge in [-0.3, -0.25) is 4.79 Å². The Kier molecular flexibility index (Phi) is 8.84. The van der Waals surface area contributed by atoms with Crippen LogP contribution in [0.1, 0.15) is 33.1 Å². The van der Waals surface area contributed by atoms with E-state index in [0.717, 1.165) is 13.0 Å². The summed E-state index contributed by atoms with van der Waals surface area (Å²) >= 11 is 0. The van der Waals surface area contributed by atoms with Crippen molar-refractivity contribution in [2.75, 3.05) is 33.8 Å². The van der Waals surface area contributed by atoms with Gasteiger partial charge in [0.15, 0.2) is 0 Å². The minimum Gasteiger partial charge on any atom is -0.468 e. The molecule has 0 amide bonds. The predicted octanol–water partition coefficient (Wildman–Crippen LogP) is 1.89. The van der Waals surface area contributed by atoms with E-state index >= 15 is 0 Å². The van der Waals surface area contributed by atoms with E-state index in [1.54, 1.807) is 18.9 Å². The second kappa shape index (κ2) is 9.20. The third-order valence-corrected chi connectivity index (χ3v) is 3.07. The van der Waals surface area contributed by atoms with Crippen LogP contribution in [-0.2, 0) is 9.53 Å². The Hall–Kier alpha value is -0.750. The molecule has 0 aliphatic heterocycles. The molecule has 0 aromatic rings. The molecule has 19 heavy (non-hydrogen) atoms. The highest BCUT2D eigenvalue weighted by Crippen LogP contribution is 2.15. The molecule has 0 rings (SSSR count). The molecule has 114 valence electrons. The number of hydrogen-bond donors (Lipinski definition) is 1. The van der Waals surface area contributed by atoms with Gasteiger partial charge >= 0.3 is 5.97 Å². The van der Waals surface area contributed by atoms with Gasteiger partial charge in [-0.25, -0.2) is 8.78 Å². The van der Waals surface area contributed by atoms with Crippen LogP contribution in [0.2, 0.25) is 0 Å². The van der Waals surface area contributed by atoms with Crippen molar-refractivity contribution in [3.05, 3.63) is 0 Å². The summed E-state index contributed by atoms with van der Waals surface area (Å²) < 4.78 is 29.1. The van der Waals surface area contributed by atoms with Gasteiger partial charge in [0.05, 0.1) is 13.7 Å². The van der Waals surface area contributed by atoms with E-state index in [2.05, 4.69) is 5.32 Å². The van der Waals surface area contributed by atoms with E-state index in [4.69, 9.17) is 4.74 Å². The average Bonchev–Trinajstić information content (AvgIpc) is 2.34. The molecule has 0 aromatic carbocycles. The quantitative estimate of drug-likeness (QED) is 0.621. The number of methoxy groups -OCH3 is 1. The number of esters is 1. The molecule has 0 aliphatic rings. The normalized spacial score (nSPS) is 14.7. The van der Waals surface area contributed by atoms with Crippen LogP contribution < -0.4 is 5.32 Å². The van der Waals surface area contributed by atoms with E-state index in [1.165, 1.54) is 7.11 Å². The largest absolute Gasteiger partial charge is 0.468 e. The molecule has 0 radical (unpaired) electrons. The van der Waals surface area contributed by atoms with Gasteiger partial charge in [-0.15, -0.1) is 0 Å². The summed E-state index contributed by atoms with van der Waals surface area (Å²) in [7, 11) is 3.01. The molecule has 0 aliphatic carbocycles. The molecule has 0 heterocycles. The number of halogens is 2. The monoisotopic (exact) mass is 280 g/mol. The maximum Gasteiger partial charge on any atom is 0.325 e. The van der Waals surface area contributed by atoms with Gasteiger partial charge in [-0.1, -0.05) is 6.92 Å². The highest BCUT2D eigenvalue weighted by Gasteiger charge is 2.32. The first-order valence-electron chi connectivity index (χ1n) is 6.66. The van der Waals surface area contributed by atoms with Crippen LogP contribution in [0.4, 0.5) is 8.78 Å². The number of carbonyl (C=O) groups is 1. The summed E-state index contributed by atoms with van der Waals surface area (Å²) in [6.07, 6.45) is -0.188. The molecule has 0 saturated carbocycles. The first-order chi connectivity index (χ1) is 8.85. The minimum absolute atomic E-state index is 0.239. The van der Waals surface area contributed by atoms with Gasteiger partial charge in [0, 0.05) is 0 Å². The van der Waals surface area contributed by atoms with Crippen molar-refractivity contribution in [1.82, 2.24) is 10.2 Å². The van der Waals surface area contributed by atoms with Crippen LogP contribution >= 0.6 is 0 Å². The van der Waals surface area contributed by atoms with Gasteiger partial charge < -0.3 is 15.0 Å². The summed E-state index contributed by atoms with van der Waals surface area (Å²) in [4.78, 5) is 13.3. The number of rotatable bonds is 10. The Morgan fingerprint density at radius 1 is 1.47 bits per heavy atom. The standard InChI is InChI=1S/C13H26F2N2O2/c1-5-8-16-13(2,12(18)19-4)7-6-9-17(3)10-11(14)15/h11,16H,5-10H2,1-4H3. The SMILES string of the molecule is CCCNC(C)(CCCN(C)CC(F)F)C(=O)OC. The number of hydrogen-bond acceptors (Lipinski definition) is 4. The van der Waals surface area contributed by atoms with E-state index in [1.807, 2.05) is 6.92 Å². The highest BCUT2D eigenvalue weighted by atomic mass is 19.3. The molecule has 0 aromatic heterocycles. The molecule has 6 heteroatoms. The Bertz CT molecular complexity index is 265. The zero-order valence-corrected chi connectivity index (χ0v) is 12.3. The number of alkyl halides is 2. The van der Waals surface area contributed by atoms with E-state index < -0.39 is 12.0 Å². The predicted molar refractivity (Wildman–Crippen MR) is 71.4 cm³/mol. The van der Waals surface area contributed by atoms with Crippen molar-refractivity contribution in [2.24, 2.45) is 0 Å². The van der Waals surface area contributed by atoms with Gasteiger partial charge in [0.1, 0.15) is 5.54 Å². The Morgan fingerprint density at radius 3 is 2.58 bits per heavy atom. The Morgan fingerprint density at radius 2 is 2.11 bits per heavy atom. The molecule has 1 atom stereocenters. The van der Waals surface area contributed by atoms with Crippen molar-refractivity contribution in [1.29, 1.82) is 0 Å². The highest BCUT2D eigenvalue weighted by molar-refractivity contribution is 5.80. The fourth-order valence-corrected chi connectivity index (χ4v) is 1.92. The molecule has 4 nitrogen and oxygen atoms in total. The van der Waals surface area contributed by atoms with Gasteiger partial charge in [0.25, 0.3) is 6.43 Å². The smallest absolute Gasteiger partial charge is 0.325 e. The van der Waals surface area contributed by atoms with Crippen molar-refractivity contribution in [3.8, 4) is 0 Å². The molecular weight excluding hydrogens is 254 g/mol. The molecule has 1 N–H and O–H groups in total. The second-order valence-electron chi connectivity index (χ2n) is 5.01. The fourth-order valence-electron chi connectivity index (χ4n) is 1.92. The third-order valence-electron chi connectivity index (χ3n) is 3.07. The van der Waals surface area contributed by atoms with Crippen LogP contribution in [0.5, 0.6) is 0 Å². The fraction of sp³-hybridized carbons (Fsp3) is 0.923. The Balaban J connectivity index is 4.23. The van der Waals surface area contributed by atoms with Crippen LogP contribution in [-0.4, -0.2) is 56.6 Å². The molecule has 0 spiro atoms. The van der Waals surface area contributed by atoms with Gasteiger partial charge in [-0.05, 0) is 46.3 Å². The molecule has 0 fully saturated rings. The van der Waals surface area contributed by atoms with E-state index in [0.29, 0.717) is 19.4 Å². The topological polar surface area (TPSA) is 41.6 Å². The Labute approximate surface area is 114 Å². The molecular formula is C13H26F2N2O2. The summed E-state index contributed by atoms with van der Waals surface area (Å²) in [5, 5.41) is 3.17. The lowest BCUT2D eigenvalue weighted by Crippen LogP contribution is -2.50.